The molecule has 0 saturated carbocycles. The standard InChI is InChI=1S/C97H109NO21S/c1-64-87(98-85-52-74(62-108-53-65-16-34-75(99-2)35-17-65)88(110-55-67-20-38-77(101-4)39-21-67)92(113-58-70-26-44-80(104-7)45-27-70)89(85)111-56-68-22-40-78(102-5)41-23-68)91(112-57-69-24-42-79(103-6)43-25-69)94(115-60-72-30-48-82(106-9)49-31-72)96(117-64)119-90-86(63-109-54-66-18-36-76(100-3)37-19-66)118-97(120-84-14-12-11-13-15-84)95(116-61-73-32-50-83(107-10)51-33-73)93(90)114-59-71-28-46-81(105-8)47-29-71/h11-52,64,85-98H,53-63H2,1-10H3/t64-,85+,86?,87-,88+,89+,90-,91?,92+,93?,94?,95?,96-,97-/m1/s1. The number of benzene rings is 10. The highest BCUT2D eigenvalue weighted by molar-refractivity contribution is 7.99. The van der Waals surface area contributed by atoms with E-state index in [1.54, 1.807) is 64.0 Å². The fourth-order valence-corrected chi connectivity index (χ4v) is 15.8. The summed E-state index contributed by atoms with van der Waals surface area (Å²) < 4.78 is 140. The maximum Gasteiger partial charge on any atom is 0.187 e. The lowest BCUT2D eigenvalue weighted by atomic mass is 9.85. The molecule has 14 atom stereocenters. The lowest BCUT2D eigenvalue weighted by molar-refractivity contribution is -0.340. The minimum atomic E-state index is -1.25. The van der Waals surface area contributed by atoms with E-state index in [4.69, 9.17) is 99.5 Å². The zero-order chi connectivity index (χ0) is 83.4. The molecule has 3 aliphatic rings. The number of hydrogen-bond donors (Lipinski definition) is 1. The molecule has 2 aliphatic heterocycles. The van der Waals surface area contributed by atoms with Crippen LogP contribution < -0.4 is 47.9 Å². The molecule has 10 aromatic rings. The smallest absolute Gasteiger partial charge is 0.187 e. The molecule has 0 amide bonds. The summed E-state index contributed by atoms with van der Waals surface area (Å²) in [5.74, 6) is 6.35. The molecular formula is C97H109NO21S. The van der Waals surface area contributed by atoms with Gasteiger partial charge in [-0.3, -0.25) is 0 Å². The topological polar surface area (TPSA) is 206 Å². The third-order valence-corrected chi connectivity index (χ3v) is 22.6. The SMILES string of the molecule is COc1ccc(COCC2=C[C@H](N[C@H]3C(OCc4ccc(OC)cc4)C(OCc4ccc(OC)cc4)[C@@H](O[C@@H]4C(COCc5ccc(OC)cc5)O[C@H](Sc5ccccc5)C(OCc5ccc(OC)cc5)C4OCc4ccc(OC)cc4)O[C@@H]3C)[C@H](OCc3ccc(OC)cc3)[C@@H](OCc3ccc(OC)cc3)[C@H]2OCc2ccc(OC)cc2)cc1. The summed E-state index contributed by atoms with van der Waals surface area (Å²) in [5.41, 5.74) is 8.09. The molecule has 2 heterocycles. The predicted octanol–water partition coefficient (Wildman–Crippen LogP) is 16.5. The van der Waals surface area contributed by atoms with Gasteiger partial charge in [0.15, 0.2) is 6.29 Å². The van der Waals surface area contributed by atoms with Gasteiger partial charge in [-0.1, -0.05) is 145 Å². The van der Waals surface area contributed by atoms with Crippen molar-refractivity contribution in [3.05, 3.63) is 310 Å². The van der Waals surface area contributed by atoms with Gasteiger partial charge in [0.25, 0.3) is 0 Å². The second-order valence-electron chi connectivity index (χ2n) is 29.3. The van der Waals surface area contributed by atoms with E-state index in [1.807, 2.05) is 244 Å². The monoisotopic (exact) mass is 1660 g/mol. The maximum atomic E-state index is 7.93. The Hall–Kier alpha value is -10.0. The Labute approximate surface area is 708 Å². The van der Waals surface area contributed by atoms with Crippen molar-refractivity contribution in [3.63, 3.8) is 0 Å². The molecule has 0 bridgehead atoms. The molecule has 2 fully saturated rings. The number of thioether (sulfide) groups is 1. The Bertz CT molecular complexity index is 4670. The molecule has 10 aromatic carbocycles. The first-order valence-corrected chi connectivity index (χ1v) is 41.0. The Balaban J connectivity index is 0.949. The van der Waals surface area contributed by atoms with Gasteiger partial charge < -0.3 is 105 Å². The number of nitrogens with one attached hydrogen (secondary N) is 1. The molecule has 23 heteroatoms. The zero-order valence-electron chi connectivity index (χ0n) is 69.6. The van der Waals surface area contributed by atoms with Crippen LogP contribution in [0, 0.1) is 0 Å². The Morgan fingerprint density at radius 1 is 0.292 bits per heavy atom. The average molecular weight is 1660 g/mol. The Kier molecular flexibility index (Phi) is 32.9. The van der Waals surface area contributed by atoms with Gasteiger partial charge in [-0.05, 0) is 184 Å². The van der Waals surface area contributed by atoms with Crippen molar-refractivity contribution in [3.8, 4) is 51.7 Å². The molecule has 0 spiro atoms. The number of hydrogen-bond acceptors (Lipinski definition) is 23. The molecule has 22 nitrogen and oxygen atoms in total. The second-order valence-corrected chi connectivity index (χ2v) is 30.4. The molecule has 13 rings (SSSR count). The third-order valence-electron chi connectivity index (χ3n) is 21.4. The van der Waals surface area contributed by atoms with Gasteiger partial charge in [-0.15, -0.1) is 0 Å². The maximum absolute atomic E-state index is 7.93. The first-order chi connectivity index (χ1) is 58.9. The van der Waals surface area contributed by atoms with Crippen molar-refractivity contribution in [2.75, 3.05) is 77.2 Å². The third kappa shape index (κ3) is 24.4. The molecule has 0 aromatic heterocycles. The fourth-order valence-electron chi connectivity index (χ4n) is 14.6. The van der Waals surface area contributed by atoms with E-state index in [0.717, 1.165) is 72.0 Å². The van der Waals surface area contributed by atoms with E-state index < -0.39 is 84.8 Å². The minimum absolute atomic E-state index is 0.0297. The number of rotatable bonds is 44. The van der Waals surface area contributed by atoms with Crippen LogP contribution in [-0.2, 0) is 116 Å². The summed E-state index contributed by atoms with van der Waals surface area (Å²) in [7, 11) is 14.8. The van der Waals surface area contributed by atoms with Crippen LogP contribution in [0.2, 0.25) is 0 Å². The van der Waals surface area contributed by atoms with Crippen LogP contribution in [0.1, 0.15) is 57.0 Å². The zero-order valence-corrected chi connectivity index (χ0v) is 70.4. The van der Waals surface area contributed by atoms with E-state index in [2.05, 4.69) is 23.5 Å². The van der Waals surface area contributed by atoms with Crippen LogP contribution >= 0.6 is 11.8 Å². The van der Waals surface area contributed by atoms with Crippen molar-refractivity contribution in [1.82, 2.24) is 5.32 Å². The molecule has 634 valence electrons. The lowest BCUT2D eigenvalue weighted by Gasteiger charge is -2.51. The summed E-state index contributed by atoms with van der Waals surface area (Å²) in [6.07, 6.45) is -7.90. The van der Waals surface area contributed by atoms with Crippen LogP contribution in [0.4, 0.5) is 0 Å². The van der Waals surface area contributed by atoms with Crippen LogP contribution in [-0.4, -0.2) is 162 Å². The molecule has 1 N–H and O–H groups in total. The summed E-state index contributed by atoms with van der Waals surface area (Å²) in [6, 6.07) is 79.0. The van der Waals surface area contributed by atoms with E-state index in [9.17, 15) is 0 Å². The molecule has 0 radical (unpaired) electrons. The molecule has 120 heavy (non-hydrogen) atoms. The highest BCUT2D eigenvalue weighted by Gasteiger charge is 2.55. The average Bonchev–Trinajstić information content (AvgIpc) is 0.762. The van der Waals surface area contributed by atoms with Gasteiger partial charge in [0.1, 0.15) is 112 Å². The first kappa shape index (κ1) is 87.8. The largest absolute Gasteiger partial charge is 0.497 e. The van der Waals surface area contributed by atoms with Gasteiger partial charge in [-0.25, -0.2) is 0 Å². The summed E-state index contributed by atoms with van der Waals surface area (Å²) in [4.78, 5) is 0.944. The minimum Gasteiger partial charge on any atom is -0.497 e. The first-order valence-electron chi connectivity index (χ1n) is 40.2. The van der Waals surface area contributed by atoms with Gasteiger partial charge >= 0.3 is 0 Å². The quantitative estimate of drug-likeness (QED) is 0.0352. The van der Waals surface area contributed by atoms with Gasteiger partial charge in [0, 0.05) is 4.90 Å². The van der Waals surface area contributed by atoms with Crippen molar-refractivity contribution in [1.29, 1.82) is 0 Å². The summed E-state index contributed by atoms with van der Waals surface area (Å²) in [5, 5.41) is 4.18. The van der Waals surface area contributed by atoms with E-state index in [0.29, 0.717) is 40.2 Å². The van der Waals surface area contributed by atoms with Crippen LogP contribution in [0.3, 0.4) is 0 Å². The van der Waals surface area contributed by atoms with Gasteiger partial charge in [0.05, 0.1) is 155 Å². The number of ether oxygens (including phenoxy) is 21. The van der Waals surface area contributed by atoms with Crippen molar-refractivity contribution >= 4 is 11.8 Å². The number of methoxy groups -OCH3 is 9. The van der Waals surface area contributed by atoms with E-state index >= 15 is 0 Å². The van der Waals surface area contributed by atoms with Crippen molar-refractivity contribution in [2.24, 2.45) is 0 Å². The van der Waals surface area contributed by atoms with E-state index in [-0.39, 0.29) is 72.7 Å². The van der Waals surface area contributed by atoms with Crippen molar-refractivity contribution in [2.45, 2.75) is 156 Å². The lowest BCUT2D eigenvalue weighted by Crippen LogP contribution is -2.69. The Morgan fingerprint density at radius 3 is 0.983 bits per heavy atom. The molecule has 1 aliphatic carbocycles. The predicted molar refractivity (Wildman–Crippen MR) is 455 cm³/mol. The highest BCUT2D eigenvalue weighted by atomic mass is 32.2. The normalized spacial score (nSPS) is 22.2. The van der Waals surface area contributed by atoms with Gasteiger partial charge in [-0.2, -0.15) is 0 Å². The van der Waals surface area contributed by atoms with Gasteiger partial charge in [0.2, 0.25) is 0 Å². The second kappa shape index (κ2) is 45.0. The summed E-state index contributed by atoms with van der Waals surface area (Å²) >= 11 is 1.53. The molecule has 5 unspecified atom stereocenters. The van der Waals surface area contributed by atoms with E-state index in [1.165, 1.54) is 11.8 Å². The molecule has 2 saturated heterocycles. The molecular weight excluding hydrogens is 1550 g/mol. The van der Waals surface area contributed by atoms with Crippen LogP contribution in [0.25, 0.3) is 0 Å². The van der Waals surface area contributed by atoms with Crippen LogP contribution in [0.5, 0.6) is 51.7 Å². The van der Waals surface area contributed by atoms with Crippen molar-refractivity contribution < 1.29 is 99.5 Å². The van der Waals surface area contributed by atoms with Crippen LogP contribution in [0.15, 0.2) is 265 Å². The Morgan fingerprint density at radius 2 is 0.608 bits per heavy atom. The summed E-state index contributed by atoms with van der Waals surface area (Å²) in [6.45, 7) is 3.62. The fraction of sp³-hybridized carbons (Fsp3) is 0.361. The highest BCUT2D eigenvalue weighted by Crippen LogP contribution is 2.42.